The van der Waals surface area contributed by atoms with Gasteiger partial charge in [0.2, 0.25) is 5.91 Å². The molecule has 0 bridgehead atoms. The number of aromatic nitrogens is 3. The molecule has 2 aromatic heterocycles. The van der Waals surface area contributed by atoms with E-state index in [2.05, 4.69) is 23.3 Å². The Bertz CT molecular complexity index is 1510. The minimum absolute atomic E-state index is 0.0145. The van der Waals surface area contributed by atoms with E-state index in [1.165, 1.54) is 11.3 Å². The third-order valence-electron chi connectivity index (χ3n) is 6.03. The number of benzene rings is 3. The third-order valence-corrected chi connectivity index (χ3v) is 7.27. The van der Waals surface area contributed by atoms with Crippen molar-refractivity contribution in [3.8, 4) is 0 Å². The minimum atomic E-state index is 0.0145. The Morgan fingerprint density at radius 1 is 1.06 bits per heavy atom. The first-order chi connectivity index (χ1) is 16.4. The van der Waals surface area contributed by atoms with Gasteiger partial charge in [0.05, 0.1) is 28.9 Å². The zero-order chi connectivity index (χ0) is 23.8. The van der Waals surface area contributed by atoms with Gasteiger partial charge in [-0.05, 0) is 60.9 Å². The monoisotopic (exact) mass is 488 g/mol. The van der Waals surface area contributed by atoms with Gasteiger partial charge in [-0.1, -0.05) is 65.4 Å². The van der Waals surface area contributed by atoms with Crippen molar-refractivity contribution in [2.45, 2.75) is 33.7 Å². The zero-order valence-corrected chi connectivity index (χ0v) is 21.0. The average molecular weight is 489 g/mol. The summed E-state index contributed by atoms with van der Waals surface area (Å²) in [6.07, 6.45) is 0.300. The minimum Gasteiger partial charge on any atom is -0.286 e. The van der Waals surface area contributed by atoms with Crippen LogP contribution in [-0.4, -0.2) is 27.2 Å². The lowest BCUT2D eigenvalue weighted by Gasteiger charge is -2.21. The van der Waals surface area contributed by atoms with Gasteiger partial charge in [0, 0.05) is 17.3 Å². The van der Waals surface area contributed by atoms with Gasteiger partial charge < -0.3 is 0 Å². The molecule has 0 aliphatic heterocycles. The lowest BCUT2D eigenvalue weighted by atomic mass is 10.0. The van der Waals surface area contributed by atoms with Crippen molar-refractivity contribution in [2.24, 2.45) is 0 Å². The number of carbonyl (C=O) groups excluding carboxylic acids is 1. The first kappa shape index (κ1) is 22.6. The normalized spacial score (nSPS) is 11.4. The van der Waals surface area contributed by atoms with E-state index in [1.54, 1.807) is 4.90 Å². The Morgan fingerprint density at radius 3 is 2.65 bits per heavy atom. The number of nitrogens with zero attached hydrogens (tertiary/aromatic N) is 4. The predicted octanol–water partition coefficient (Wildman–Crippen LogP) is 6.50. The summed E-state index contributed by atoms with van der Waals surface area (Å²) in [5.74, 6) is 0.0145. The van der Waals surface area contributed by atoms with E-state index in [0.29, 0.717) is 29.7 Å². The number of carbonyl (C=O) groups is 1. The third kappa shape index (κ3) is 4.43. The number of halogens is 1. The second-order valence-corrected chi connectivity index (χ2v) is 10.0. The average Bonchev–Trinajstić information content (AvgIpc) is 3.36. The molecule has 0 radical (unpaired) electrons. The number of rotatable bonds is 6. The van der Waals surface area contributed by atoms with Gasteiger partial charge in [-0.3, -0.25) is 14.4 Å². The fourth-order valence-electron chi connectivity index (χ4n) is 4.39. The highest BCUT2D eigenvalue weighted by atomic mass is 35.5. The number of anilines is 1. The summed E-state index contributed by atoms with van der Waals surface area (Å²) in [4.78, 5) is 20.4. The van der Waals surface area contributed by atoms with E-state index in [9.17, 15) is 4.79 Å². The Kier molecular flexibility index (Phi) is 6.11. The van der Waals surface area contributed by atoms with Crippen LogP contribution >= 0.6 is 22.9 Å². The summed E-state index contributed by atoms with van der Waals surface area (Å²) in [6, 6.07) is 20.2. The van der Waals surface area contributed by atoms with Crippen LogP contribution in [0.25, 0.3) is 21.0 Å². The van der Waals surface area contributed by atoms with Crippen molar-refractivity contribution in [3.63, 3.8) is 0 Å². The van der Waals surface area contributed by atoms with Crippen LogP contribution in [0.5, 0.6) is 0 Å². The fourth-order valence-corrected chi connectivity index (χ4v) is 5.85. The van der Waals surface area contributed by atoms with Crippen molar-refractivity contribution in [1.82, 2.24) is 14.8 Å². The molecule has 1 amide bonds. The number of thiazole rings is 1. The molecule has 3 aromatic carbocycles. The molecule has 0 saturated heterocycles. The van der Waals surface area contributed by atoms with Crippen LogP contribution in [0.2, 0.25) is 5.02 Å². The highest BCUT2D eigenvalue weighted by Gasteiger charge is 2.22. The summed E-state index contributed by atoms with van der Waals surface area (Å²) in [7, 11) is 0. The molecule has 0 N–H and O–H groups in total. The molecule has 2 heterocycles. The van der Waals surface area contributed by atoms with Gasteiger partial charge in [0.15, 0.2) is 5.13 Å². The maximum atomic E-state index is 13.7. The number of amides is 1. The standard InChI is InChI=1S/C27H25ClN4OS/c1-17-13-22(28)16-24-26(17)29-27(34-24)31(11-12-32-19(3)14-18(2)30-32)25(33)15-21-9-6-8-20-7-4-5-10-23(20)21/h4-10,13-14,16H,11-12,15H2,1-3H3. The van der Waals surface area contributed by atoms with Crippen molar-refractivity contribution in [3.05, 3.63) is 88.2 Å². The van der Waals surface area contributed by atoms with Gasteiger partial charge in [-0.2, -0.15) is 5.10 Å². The van der Waals surface area contributed by atoms with Crippen molar-refractivity contribution in [1.29, 1.82) is 0 Å². The molecule has 0 spiro atoms. The quantitative estimate of drug-likeness (QED) is 0.274. The number of fused-ring (bicyclic) bond motifs is 2. The van der Waals surface area contributed by atoms with Crippen LogP contribution < -0.4 is 4.90 Å². The molecule has 0 fully saturated rings. The summed E-state index contributed by atoms with van der Waals surface area (Å²) >= 11 is 7.79. The van der Waals surface area contributed by atoms with Crippen LogP contribution in [-0.2, 0) is 17.8 Å². The Labute approximate surface area is 207 Å². The van der Waals surface area contributed by atoms with Crippen LogP contribution in [0.1, 0.15) is 22.5 Å². The Hall–Kier alpha value is -3.22. The van der Waals surface area contributed by atoms with E-state index in [4.69, 9.17) is 16.6 Å². The smallest absolute Gasteiger partial charge is 0.233 e. The van der Waals surface area contributed by atoms with Crippen LogP contribution in [0.15, 0.2) is 60.7 Å². The maximum absolute atomic E-state index is 13.7. The molecule has 5 rings (SSSR count). The van der Waals surface area contributed by atoms with E-state index >= 15 is 0 Å². The lowest BCUT2D eigenvalue weighted by molar-refractivity contribution is -0.118. The second kappa shape index (κ2) is 9.20. The lowest BCUT2D eigenvalue weighted by Crippen LogP contribution is -2.35. The number of hydrogen-bond donors (Lipinski definition) is 0. The van der Waals surface area contributed by atoms with E-state index in [-0.39, 0.29) is 5.91 Å². The zero-order valence-electron chi connectivity index (χ0n) is 19.4. The fraction of sp³-hybridized carbons (Fsp3) is 0.222. The van der Waals surface area contributed by atoms with Gasteiger partial charge >= 0.3 is 0 Å². The Morgan fingerprint density at radius 2 is 1.85 bits per heavy atom. The SMILES string of the molecule is Cc1cc(C)n(CCN(C(=O)Cc2cccc3ccccc23)c2nc3c(C)cc(Cl)cc3s2)n1. The summed E-state index contributed by atoms with van der Waals surface area (Å²) in [5, 5.41) is 8.17. The first-order valence-corrected chi connectivity index (χ1v) is 12.4. The molecule has 0 saturated carbocycles. The van der Waals surface area contributed by atoms with E-state index in [0.717, 1.165) is 43.5 Å². The van der Waals surface area contributed by atoms with Gasteiger partial charge in [-0.25, -0.2) is 4.98 Å². The van der Waals surface area contributed by atoms with Crippen LogP contribution in [0.4, 0.5) is 5.13 Å². The molecule has 5 nitrogen and oxygen atoms in total. The second-order valence-electron chi connectivity index (χ2n) is 8.58. The molecule has 34 heavy (non-hydrogen) atoms. The molecule has 0 aliphatic rings. The van der Waals surface area contributed by atoms with Crippen LogP contribution in [0, 0.1) is 20.8 Å². The molecule has 0 unspecified atom stereocenters. The highest BCUT2D eigenvalue weighted by molar-refractivity contribution is 7.22. The van der Waals surface area contributed by atoms with Gasteiger partial charge in [0.25, 0.3) is 0 Å². The first-order valence-electron chi connectivity index (χ1n) is 11.2. The van der Waals surface area contributed by atoms with Crippen molar-refractivity contribution in [2.75, 3.05) is 11.4 Å². The largest absolute Gasteiger partial charge is 0.286 e. The number of hydrogen-bond acceptors (Lipinski definition) is 4. The summed E-state index contributed by atoms with van der Waals surface area (Å²) in [6.45, 7) is 7.09. The molecule has 0 aliphatic carbocycles. The van der Waals surface area contributed by atoms with Crippen molar-refractivity contribution >= 4 is 55.0 Å². The molecule has 172 valence electrons. The van der Waals surface area contributed by atoms with E-state index < -0.39 is 0 Å². The van der Waals surface area contributed by atoms with Gasteiger partial charge in [0.1, 0.15) is 0 Å². The van der Waals surface area contributed by atoms with Gasteiger partial charge in [-0.15, -0.1) is 0 Å². The maximum Gasteiger partial charge on any atom is 0.233 e. The molecule has 7 heteroatoms. The highest BCUT2D eigenvalue weighted by Crippen LogP contribution is 2.33. The number of aryl methyl sites for hydroxylation is 3. The van der Waals surface area contributed by atoms with Crippen molar-refractivity contribution < 1.29 is 4.79 Å². The molecular formula is C27H25ClN4OS. The topological polar surface area (TPSA) is 51.0 Å². The Balaban J connectivity index is 1.51. The molecule has 5 aromatic rings. The summed E-state index contributed by atoms with van der Waals surface area (Å²) < 4.78 is 2.93. The molecule has 0 atom stereocenters. The molecular weight excluding hydrogens is 464 g/mol. The predicted molar refractivity (Wildman–Crippen MR) is 141 cm³/mol. The summed E-state index contributed by atoms with van der Waals surface area (Å²) in [5.41, 5.74) is 4.95. The van der Waals surface area contributed by atoms with Crippen LogP contribution in [0.3, 0.4) is 0 Å². The van der Waals surface area contributed by atoms with E-state index in [1.807, 2.05) is 67.9 Å².